The molecule has 1 heterocycles. The van der Waals surface area contributed by atoms with Crippen LogP contribution in [0.1, 0.15) is 31.6 Å². The molecule has 1 aliphatic carbocycles. The molecule has 1 aromatic heterocycles. The van der Waals surface area contributed by atoms with Crippen LogP contribution < -0.4 is 11.1 Å². The lowest BCUT2D eigenvalue weighted by molar-refractivity contribution is 0.450. The zero-order valence-corrected chi connectivity index (χ0v) is 10.3. The van der Waals surface area contributed by atoms with Crippen LogP contribution in [-0.4, -0.2) is 27.7 Å². The van der Waals surface area contributed by atoms with E-state index < -0.39 is 0 Å². The molecule has 2 atom stereocenters. The van der Waals surface area contributed by atoms with Gasteiger partial charge in [-0.2, -0.15) is 11.8 Å². The second-order valence-corrected chi connectivity index (χ2v) is 5.09. The van der Waals surface area contributed by atoms with Crippen molar-refractivity contribution in [3.63, 3.8) is 0 Å². The fourth-order valence-electron chi connectivity index (χ4n) is 2.10. The fourth-order valence-corrected chi connectivity index (χ4v) is 3.03. The molecule has 2 rings (SSSR count). The summed E-state index contributed by atoms with van der Waals surface area (Å²) in [5, 5.41) is 11.7. The number of rotatable bonds is 4. The number of nitrogens with one attached hydrogen (secondary N) is 1. The number of anilines is 1. The third-order valence-corrected chi connectivity index (χ3v) is 4.13. The second kappa shape index (κ2) is 5.54. The highest BCUT2D eigenvalue weighted by atomic mass is 32.2. The average molecular weight is 242 g/mol. The Morgan fingerprint density at radius 1 is 1.44 bits per heavy atom. The van der Waals surface area contributed by atoms with Crippen molar-refractivity contribution in [3.8, 4) is 0 Å². The topological polar surface area (TPSA) is 77.0 Å². The number of hydrogen-bond donors (Lipinski definition) is 2. The van der Waals surface area contributed by atoms with Crippen molar-refractivity contribution in [2.24, 2.45) is 5.73 Å². The third kappa shape index (κ3) is 2.68. The molecule has 90 valence electrons. The maximum atomic E-state index is 5.42. The molecule has 16 heavy (non-hydrogen) atoms. The van der Waals surface area contributed by atoms with E-state index in [-0.39, 0.29) is 0 Å². The minimum Gasteiger partial charge on any atom is -0.407 e. The van der Waals surface area contributed by atoms with Crippen LogP contribution in [0.3, 0.4) is 0 Å². The summed E-state index contributed by atoms with van der Waals surface area (Å²) in [4.78, 5) is 0. The van der Waals surface area contributed by atoms with Crippen LogP contribution in [0.4, 0.5) is 6.01 Å². The Labute approximate surface area is 99.6 Å². The van der Waals surface area contributed by atoms with Crippen molar-refractivity contribution in [2.75, 3.05) is 11.6 Å². The van der Waals surface area contributed by atoms with Gasteiger partial charge in [0.15, 0.2) is 0 Å². The number of hydrogen-bond acceptors (Lipinski definition) is 6. The molecule has 3 N–H and O–H groups in total. The van der Waals surface area contributed by atoms with Gasteiger partial charge in [0.1, 0.15) is 0 Å². The zero-order chi connectivity index (χ0) is 11.4. The third-order valence-electron chi connectivity index (χ3n) is 2.96. The van der Waals surface area contributed by atoms with Crippen molar-refractivity contribution in [1.29, 1.82) is 0 Å². The van der Waals surface area contributed by atoms with Crippen molar-refractivity contribution in [2.45, 2.75) is 43.5 Å². The van der Waals surface area contributed by atoms with E-state index in [0.29, 0.717) is 29.7 Å². The van der Waals surface area contributed by atoms with Gasteiger partial charge in [-0.15, -0.1) is 5.10 Å². The molecule has 5 nitrogen and oxygen atoms in total. The van der Waals surface area contributed by atoms with Gasteiger partial charge in [0.05, 0.1) is 6.54 Å². The largest absolute Gasteiger partial charge is 0.407 e. The Morgan fingerprint density at radius 2 is 2.25 bits per heavy atom. The van der Waals surface area contributed by atoms with Gasteiger partial charge in [-0.05, 0) is 19.1 Å². The normalized spacial score (nSPS) is 25.6. The summed E-state index contributed by atoms with van der Waals surface area (Å²) in [5.74, 6) is 0.485. The van der Waals surface area contributed by atoms with Gasteiger partial charge >= 0.3 is 6.01 Å². The Bertz CT molecular complexity index is 330. The van der Waals surface area contributed by atoms with Gasteiger partial charge in [-0.1, -0.05) is 17.9 Å². The maximum Gasteiger partial charge on any atom is 0.315 e. The highest BCUT2D eigenvalue weighted by Gasteiger charge is 2.25. The van der Waals surface area contributed by atoms with Crippen LogP contribution >= 0.6 is 11.8 Å². The van der Waals surface area contributed by atoms with Gasteiger partial charge in [0.2, 0.25) is 5.89 Å². The molecule has 0 aromatic carbocycles. The standard InChI is InChI=1S/C10H18N4OS/c1-16-8-5-3-2-4-7(8)12-10-14-13-9(6-11)15-10/h7-8H,2-6,11H2,1H3,(H,12,14). The summed E-state index contributed by atoms with van der Waals surface area (Å²) in [6.45, 7) is 0.297. The monoisotopic (exact) mass is 242 g/mol. The van der Waals surface area contributed by atoms with E-state index in [1.165, 1.54) is 25.7 Å². The van der Waals surface area contributed by atoms with E-state index in [4.69, 9.17) is 10.2 Å². The minimum absolute atomic E-state index is 0.297. The first-order valence-corrected chi connectivity index (χ1v) is 6.94. The molecule has 0 radical (unpaired) electrons. The quantitative estimate of drug-likeness (QED) is 0.835. The van der Waals surface area contributed by atoms with E-state index in [0.717, 1.165) is 0 Å². The smallest absolute Gasteiger partial charge is 0.315 e. The van der Waals surface area contributed by atoms with Gasteiger partial charge in [0.25, 0.3) is 0 Å². The molecule has 0 spiro atoms. The highest BCUT2D eigenvalue weighted by Crippen LogP contribution is 2.29. The lowest BCUT2D eigenvalue weighted by Gasteiger charge is -2.30. The van der Waals surface area contributed by atoms with Gasteiger partial charge in [-0.25, -0.2) is 0 Å². The Morgan fingerprint density at radius 3 is 2.94 bits per heavy atom. The zero-order valence-electron chi connectivity index (χ0n) is 9.48. The number of thioether (sulfide) groups is 1. The van der Waals surface area contributed by atoms with E-state index >= 15 is 0 Å². The molecule has 0 aliphatic heterocycles. The van der Waals surface area contributed by atoms with Crippen molar-refractivity contribution in [3.05, 3.63) is 5.89 Å². The molecule has 0 bridgehead atoms. The van der Waals surface area contributed by atoms with Gasteiger partial charge in [0, 0.05) is 11.3 Å². The molecular weight excluding hydrogens is 224 g/mol. The summed E-state index contributed by atoms with van der Waals surface area (Å²) >= 11 is 1.91. The molecule has 1 saturated carbocycles. The Balaban J connectivity index is 1.96. The van der Waals surface area contributed by atoms with Crippen LogP contribution in [0.2, 0.25) is 0 Å². The van der Waals surface area contributed by atoms with Crippen molar-refractivity contribution in [1.82, 2.24) is 10.2 Å². The predicted octanol–water partition coefficient (Wildman–Crippen LogP) is 1.61. The molecule has 1 aliphatic rings. The van der Waals surface area contributed by atoms with Crippen molar-refractivity contribution >= 4 is 17.8 Å². The molecule has 0 amide bonds. The van der Waals surface area contributed by atoms with Crippen LogP contribution in [0.15, 0.2) is 4.42 Å². The fraction of sp³-hybridized carbons (Fsp3) is 0.800. The molecule has 2 unspecified atom stereocenters. The van der Waals surface area contributed by atoms with E-state index in [2.05, 4.69) is 21.8 Å². The molecule has 1 fully saturated rings. The molecule has 6 heteroatoms. The highest BCUT2D eigenvalue weighted by molar-refractivity contribution is 7.99. The van der Waals surface area contributed by atoms with E-state index in [1.807, 2.05) is 11.8 Å². The van der Waals surface area contributed by atoms with Crippen LogP contribution in [0, 0.1) is 0 Å². The SMILES string of the molecule is CSC1CCCCC1Nc1nnc(CN)o1. The average Bonchev–Trinajstić information content (AvgIpc) is 2.77. The number of nitrogens with zero attached hydrogens (tertiary/aromatic N) is 2. The molecular formula is C10H18N4OS. The lowest BCUT2D eigenvalue weighted by Crippen LogP contribution is -2.34. The minimum atomic E-state index is 0.297. The van der Waals surface area contributed by atoms with E-state index in [9.17, 15) is 0 Å². The summed E-state index contributed by atoms with van der Waals surface area (Å²) in [7, 11) is 0. The first-order chi connectivity index (χ1) is 7.83. The van der Waals surface area contributed by atoms with Crippen molar-refractivity contribution < 1.29 is 4.42 Å². The van der Waals surface area contributed by atoms with Crippen LogP contribution in [0.25, 0.3) is 0 Å². The Hall–Kier alpha value is -0.750. The maximum absolute atomic E-state index is 5.42. The summed E-state index contributed by atoms with van der Waals surface area (Å²) in [6, 6.07) is 0.946. The second-order valence-electron chi connectivity index (χ2n) is 4.01. The lowest BCUT2D eigenvalue weighted by atomic mass is 9.95. The van der Waals surface area contributed by atoms with Crippen LogP contribution in [-0.2, 0) is 6.54 Å². The van der Waals surface area contributed by atoms with E-state index in [1.54, 1.807) is 0 Å². The number of aromatic nitrogens is 2. The first kappa shape index (κ1) is 11.7. The summed E-state index contributed by atoms with van der Waals surface area (Å²) in [5.41, 5.74) is 5.42. The van der Waals surface area contributed by atoms with Crippen LogP contribution in [0.5, 0.6) is 0 Å². The van der Waals surface area contributed by atoms with Gasteiger partial charge in [-0.3, -0.25) is 0 Å². The predicted molar refractivity (Wildman–Crippen MR) is 65.4 cm³/mol. The Kier molecular flexibility index (Phi) is 4.06. The number of nitrogens with two attached hydrogens (primary N) is 1. The summed E-state index contributed by atoms with van der Waals surface area (Å²) < 4.78 is 5.36. The summed E-state index contributed by atoms with van der Waals surface area (Å²) in [6.07, 6.45) is 7.18. The molecule has 0 saturated heterocycles. The first-order valence-electron chi connectivity index (χ1n) is 5.65. The molecule has 1 aromatic rings. The van der Waals surface area contributed by atoms with Gasteiger partial charge < -0.3 is 15.5 Å².